The normalized spacial score (nSPS) is 15.1. The van der Waals surface area contributed by atoms with Gasteiger partial charge in [0.25, 0.3) is 0 Å². The number of unbranched alkanes of at least 4 members (excludes halogenated alkanes) is 1. The molecule has 0 aliphatic rings. The van der Waals surface area contributed by atoms with Crippen molar-refractivity contribution in [2.45, 2.75) is 65.2 Å². The summed E-state index contributed by atoms with van der Waals surface area (Å²) < 4.78 is 1.39. The van der Waals surface area contributed by atoms with Gasteiger partial charge in [-0.3, -0.25) is 0 Å². The number of aromatic nitrogens is 1. The van der Waals surface area contributed by atoms with Crippen molar-refractivity contribution >= 4 is 33.9 Å². The first-order valence-electron chi connectivity index (χ1n) is 6.17. The summed E-state index contributed by atoms with van der Waals surface area (Å²) in [5.74, 6) is 0. The van der Waals surface area contributed by atoms with Crippen molar-refractivity contribution in [1.29, 1.82) is 0 Å². The number of thiazole rings is 1. The van der Waals surface area contributed by atoms with Crippen molar-refractivity contribution in [1.82, 2.24) is 4.98 Å². The highest BCUT2D eigenvalue weighted by Gasteiger charge is 2.30. The van der Waals surface area contributed by atoms with Gasteiger partial charge < -0.3 is 0 Å². The first kappa shape index (κ1) is 14.4. The molecule has 0 fully saturated rings. The van der Waals surface area contributed by atoms with E-state index in [1.54, 1.807) is 0 Å². The van der Waals surface area contributed by atoms with Crippen LogP contribution in [-0.2, 0) is 5.41 Å². The third-order valence-corrected chi connectivity index (χ3v) is 5.08. The van der Waals surface area contributed by atoms with Crippen LogP contribution in [0.4, 0.5) is 0 Å². The molecule has 92 valence electrons. The zero-order chi connectivity index (χ0) is 12.2. The molecule has 1 aromatic rings. The predicted molar refractivity (Wildman–Crippen MR) is 81.4 cm³/mol. The molecule has 0 N–H and O–H groups in total. The van der Waals surface area contributed by atoms with Crippen LogP contribution in [0.2, 0.25) is 0 Å². The summed E-state index contributed by atoms with van der Waals surface area (Å²) in [6, 6.07) is 0. The average Bonchev–Trinajstić information content (AvgIpc) is 2.56. The smallest absolute Gasteiger partial charge is 0.0908 e. The van der Waals surface area contributed by atoms with Gasteiger partial charge in [0.2, 0.25) is 0 Å². The Morgan fingerprint density at radius 1 is 1.25 bits per heavy atom. The first-order chi connectivity index (χ1) is 7.53. The number of hydrogen-bond acceptors (Lipinski definition) is 2. The van der Waals surface area contributed by atoms with Gasteiger partial charge in [0, 0.05) is 5.41 Å². The lowest BCUT2D eigenvalue weighted by Gasteiger charge is -2.28. The van der Waals surface area contributed by atoms with Crippen LogP contribution in [0.5, 0.6) is 0 Å². The van der Waals surface area contributed by atoms with E-state index in [-0.39, 0.29) is 0 Å². The summed E-state index contributed by atoms with van der Waals surface area (Å²) >= 11 is 4.28. The van der Waals surface area contributed by atoms with Crippen molar-refractivity contribution in [2.24, 2.45) is 0 Å². The third-order valence-electron chi connectivity index (χ3n) is 3.15. The number of halogens is 1. The van der Waals surface area contributed by atoms with E-state index in [1.807, 2.05) is 11.3 Å². The van der Waals surface area contributed by atoms with Gasteiger partial charge in [-0.25, -0.2) is 4.98 Å². The van der Waals surface area contributed by atoms with Crippen molar-refractivity contribution in [3.05, 3.63) is 13.6 Å². The molecule has 0 aromatic carbocycles. The minimum Gasteiger partial charge on any atom is -0.245 e. The maximum atomic E-state index is 4.76. The second kappa shape index (κ2) is 6.34. The molecule has 1 atom stereocenters. The summed E-state index contributed by atoms with van der Waals surface area (Å²) in [5.41, 5.74) is 1.65. The van der Waals surface area contributed by atoms with Crippen LogP contribution in [0, 0.1) is 9.81 Å². The highest BCUT2D eigenvalue weighted by molar-refractivity contribution is 14.1. The number of aryl methyl sites for hydroxylation is 1. The Morgan fingerprint density at radius 3 is 2.38 bits per heavy atom. The molecule has 1 unspecified atom stereocenters. The Bertz CT molecular complexity index is 335. The summed E-state index contributed by atoms with van der Waals surface area (Å²) in [5, 5.41) is 1.21. The summed E-state index contributed by atoms with van der Waals surface area (Å²) in [4.78, 5) is 4.76. The summed E-state index contributed by atoms with van der Waals surface area (Å²) in [6.07, 6.45) is 6.36. The lowest BCUT2D eigenvalue weighted by molar-refractivity contribution is 0.372. The fourth-order valence-electron chi connectivity index (χ4n) is 2.25. The number of nitrogens with zero attached hydrogens (tertiary/aromatic N) is 1. The van der Waals surface area contributed by atoms with E-state index in [0.717, 1.165) is 0 Å². The number of rotatable bonds is 6. The van der Waals surface area contributed by atoms with Crippen LogP contribution in [0.3, 0.4) is 0 Å². The van der Waals surface area contributed by atoms with Crippen LogP contribution < -0.4 is 0 Å². The topological polar surface area (TPSA) is 12.9 Å². The van der Waals surface area contributed by atoms with Crippen LogP contribution in [0.15, 0.2) is 0 Å². The molecule has 0 saturated heterocycles. The van der Waals surface area contributed by atoms with E-state index >= 15 is 0 Å². The van der Waals surface area contributed by atoms with E-state index in [9.17, 15) is 0 Å². The SMILES string of the molecule is CCCCC(C)(CCC)c1nc(C)sc1I. The molecule has 0 saturated carbocycles. The maximum absolute atomic E-state index is 4.76. The zero-order valence-electron chi connectivity index (χ0n) is 10.8. The van der Waals surface area contributed by atoms with E-state index in [1.165, 1.54) is 45.7 Å². The Hall–Kier alpha value is 0.360. The Balaban J connectivity index is 2.95. The molecule has 0 aliphatic carbocycles. The molecule has 0 radical (unpaired) electrons. The fourth-order valence-corrected chi connectivity index (χ4v) is 4.77. The van der Waals surface area contributed by atoms with Gasteiger partial charge in [-0.2, -0.15) is 0 Å². The minimum absolute atomic E-state index is 0.298. The van der Waals surface area contributed by atoms with Gasteiger partial charge >= 0.3 is 0 Å². The molecular formula is C13H22INS. The van der Waals surface area contributed by atoms with Crippen LogP contribution in [-0.4, -0.2) is 4.98 Å². The Labute approximate surface area is 117 Å². The average molecular weight is 351 g/mol. The van der Waals surface area contributed by atoms with Crippen LogP contribution >= 0.6 is 33.9 Å². The Morgan fingerprint density at radius 2 is 1.94 bits per heavy atom. The molecule has 16 heavy (non-hydrogen) atoms. The largest absolute Gasteiger partial charge is 0.245 e. The predicted octanol–water partition coefficient (Wildman–Crippen LogP) is 5.30. The second-order valence-corrected chi connectivity index (χ2v) is 7.78. The van der Waals surface area contributed by atoms with E-state index in [0.29, 0.717) is 5.41 Å². The Kier molecular flexibility index (Phi) is 5.71. The van der Waals surface area contributed by atoms with Gasteiger partial charge in [-0.15, -0.1) is 11.3 Å². The lowest BCUT2D eigenvalue weighted by atomic mass is 9.78. The molecular weight excluding hydrogens is 329 g/mol. The van der Waals surface area contributed by atoms with Crippen molar-refractivity contribution in [3.63, 3.8) is 0 Å². The van der Waals surface area contributed by atoms with Gasteiger partial charge in [0.05, 0.1) is 13.6 Å². The molecule has 3 heteroatoms. The highest BCUT2D eigenvalue weighted by atomic mass is 127. The van der Waals surface area contributed by atoms with E-state index < -0.39 is 0 Å². The molecule has 1 nitrogen and oxygen atoms in total. The summed E-state index contributed by atoms with van der Waals surface area (Å²) in [6.45, 7) is 9.05. The fraction of sp³-hybridized carbons (Fsp3) is 0.769. The molecule has 1 heterocycles. The van der Waals surface area contributed by atoms with Crippen molar-refractivity contribution in [2.75, 3.05) is 0 Å². The van der Waals surface area contributed by atoms with E-state index in [4.69, 9.17) is 4.98 Å². The van der Waals surface area contributed by atoms with Crippen molar-refractivity contribution in [3.8, 4) is 0 Å². The van der Waals surface area contributed by atoms with Crippen molar-refractivity contribution < 1.29 is 0 Å². The van der Waals surface area contributed by atoms with Gasteiger partial charge in [0.15, 0.2) is 0 Å². The molecule has 0 bridgehead atoms. The molecule has 0 aliphatic heterocycles. The highest BCUT2D eigenvalue weighted by Crippen LogP contribution is 2.38. The monoisotopic (exact) mass is 351 g/mol. The van der Waals surface area contributed by atoms with Crippen LogP contribution in [0.25, 0.3) is 0 Å². The number of hydrogen-bond donors (Lipinski definition) is 0. The summed E-state index contributed by atoms with van der Waals surface area (Å²) in [7, 11) is 0. The molecule has 0 spiro atoms. The van der Waals surface area contributed by atoms with Gasteiger partial charge in [0.1, 0.15) is 0 Å². The first-order valence-corrected chi connectivity index (χ1v) is 8.06. The molecule has 0 amide bonds. The van der Waals surface area contributed by atoms with Gasteiger partial charge in [-0.05, 0) is 42.4 Å². The zero-order valence-corrected chi connectivity index (χ0v) is 13.7. The third kappa shape index (κ3) is 3.42. The van der Waals surface area contributed by atoms with Gasteiger partial charge in [-0.1, -0.05) is 40.0 Å². The standard InChI is InChI=1S/C13H22INS/c1-5-7-9-13(4,8-6-2)11-12(14)16-10(3)15-11/h5-9H2,1-4H3. The van der Waals surface area contributed by atoms with E-state index in [2.05, 4.69) is 50.3 Å². The minimum atomic E-state index is 0.298. The molecule has 1 aromatic heterocycles. The maximum Gasteiger partial charge on any atom is 0.0908 e. The lowest BCUT2D eigenvalue weighted by Crippen LogP contribution is -2.23. The molecule has 1 rings (SSSR count). The van der Waals surface area contributed by atoms with Crippen LogP contribution in [0.1, 0.15) is 63.6 Å². The second-order valence-electron chi connectivity index (χ2n) is 4.77. The quantitative estimate of drug-likeness (QED) is 0.634.